The molecule has 1 unspecified atom stereocenters. The molecule has 1 atom stereocenters. The second-order valence-electron chi connectivity index (χ2n) is 3.32. The minimum absolute atomic E-state index is 0.338. The third kappa shape index (κ3) is 6.07. The first kappa shape index (κ1) is 13.4. The smallest absolute Gasteiger partial charge is 0.0945 e. The lowest BCUT2D eigenvalue weighted by Gasteiger charge is -2.12. The van der Waals surface area contributed by atoms with Gasteiger partial charge < -0.3 is 19.9 Å². The minimum atomic E-state index is -0.485. The maximum absolute atomic E-state index is 9.58. The molecule has 0 aliphatic heterocycles. The van der Waals surface area contributed by atoms with Crippen LogP contribution in [-0.4, -0.2) is 44.2 Å². The average Bonchev–Trinajstić information content (AvgIpc) is 2.79. The van der Waals surface area contributed by atoms with Gasteiger partial charge in [-0.2, -0.15) is 11.3 Å². The summed E-state index contributed by atoms with van der Waals surface area (Å²) in [5, 5.41) is 16.7. The molecule has 92 valence electrons. The van der Waals surface area contributed by atoms with Crippen molar-refractivity contribution in [1.82, 2.24) is 0 Å². The molecule has 0 amide bonds. The monoisotopic (exact) mass is 245 g/mol. The molecule has 1 heterocycles. The van der Waals surface area contributed by atoms with Crippen LogP contribution >= 0.6 is 11.3 Å². The van der Waals surface area contributed by atoms with Crippen molar-refractivity contribution in [3.8, 4) is 0 Å². The van der Waals surface area contributed by atoms with E-state index in [-0.39, 0.29) is 0 Å². The van der Waals surface area contributed by atoms with Crippen LogP contribution < -0.4 is 5.32 Å². The van der Waals surface area contributed by atoms with E-state index in [1.54, 1.807) is 11.3 Å². The van der Waals surface area contributed by atoms with Crippen LogP contribution in [0, 0.1) is 0 Å². The topological polar surface area (TPSA) is 50.7 Å². The zero-order valence-corrected chi connectivity index (χ0v) is 10.3. The fourth-order valence-corrected chi connectivity index (χ4v) is 1.75. The van der Waals surface area contributed by atoms with Gasteiger partial charge in [0.25, 0.3) is 0 Å². The molecule has 1 aromatic heterocycles. The first-order valence-electron chi connectivity index (χ1n) is 5.42. The second-order valence-corrected chi connectivity index (χ2v) is 4.10. The predicted molar refractivity (Wildman–Crippen MR) is 66.1 cm³/mol. The third-order valence-electron chi connectivity index (χ3n) is 1.95. The summed E-state index contributed by atoms with van der Waals surface area (Å²) < 4.78 is 10.4. The Balaban J connectivity index is 1.96. The summed E-state index contributed by atoms with van der Waals surface area (Å²) in [5.74, 6) is 0. The number of hydrogen-bond donors (Lipinski definition) is 2. The van der Waals surface area contributed by atoms with Crippen LogP contribution in [0.5, 0.6) is 0 Å². The molecule has 16 heavy (non-hydrogen) atoms. The van der Waals surface area contributed by atoms with Gasteiger partial charge in [-0.1, -0.05) is 0 Å². The Morgan fingerprint density at radius 1 is 1.44 bits per heavy atom. The molecule has 0 spiro atoms. The molecule has 0 radical (unpaired) electrons. The lowest BCUT2D eigenvalue weighted by molar-refractivity contribution is 0.0103. The number of aliphatic hydroxyl groups excluding tert-OH is 1. The molecule has 2 N–H and O–H groups in total. The van der Waals surface area contributed by atoms with Crippen LogP contribution in [0.25, 0.3) is 0 Å². The summed E-state index contributed by atoms with van der Waals surface area (Å²) in [6.45, 7) is 4.60. The molecular formula is C11H19NO3S. The van der Waals surface area contributed by atoms with Crippen LogP contribution in [0.4, 0.5) is 5.69 Å². The van der Waals surface area contributed by atoms with Crippen LogP contribution in [0.1, 0.15) is 6.92 Å². The van der Waals surface area contributed by atoms with Gasteiger partial charge in [0, 0.05) is 24.2 Å². The number of nitrogens with one attached hydrogen (secondary N) is 1. The molecule has 1 rings (SSSR count). The van der Waals surface area contributed by atoms with Gasteiger partial charge in [0.2, 0.25) is 0 Å². The van der Waals surface area contributed by atoms with Crippen LogP contribution in [0.15, 0.2) is 16.8 Å². The zero-order valence-electron chi connectivity index (χ0n) is 9.52. The molecule has 0 bridgehead atoms. The van der Waals surface area contributed by atoms with Crippen LogP contribution in [0.3, 0.4) is 0 Å². The van der Waals surface area contributed by atoms with Crippen molar-refractivity contribution >= 4 is 17.0 Å². The Labute approximate surface area is 100 Å². The van der Waals surface area contributed by atoms with Crippen LogP contribution in [-0.2, 0) is 9.47 Å². The molecule has 0 saturated carbocycles. The number of thiophene rings is 1. The fourth-order valence-electron chi connectivity index (χ4n) is 1.14. The van der Waals surface area contributed by atoms with Crippen molar-refractivity contribution in [3.63, 3.8) is 0 Å². The summed E-state index contributed by atoms with van der Waals surface area (Å²) in [4.78, 5) is 0. The van der Waals surface area contributed by atoms with E-state index in [0.29, 0.717) is 33.0 Å². The Hall–Kier alpha value is -0.620. The Morgan fingerprint density at radius 3 is 2.94 bits per heavy atom. The molecule has 1 aromatic rings. The summed E-state index contributed by atoms with van der Waals surface area (Å²) >= 11 is 1.63. The largest absolute Gasteiger partial charge is 0.389 e. The number of ether oxygens (including phenoxy) is 2. The highest BCUT2D eigenvalue weighted by Gasteiger charge is 2.03. The quantitative estimate of drug-likeness (QED) is 0.648. The van der Waals surface area contributed by atoms with Gasteiger partial charge in [0.15, 0.2) is 0 Å². The fraction of sp³-hybridized carbons (Fsp3) is 0.636. The normalized spacial score (nSPS) is 12.6. The van der Waals surface area contributed by atoms with Crippen molar-refractivity contribution in [2.24, 2.45) is 0 Å². The standard InChI is InChI=1S/C11H19NO3S/c1-2-14-4-5-15-8-11(13)7-12-10-3-6-16-9-10/h3,6,9,11-13H,2,4-5,7-8H2,1H3. The van der Waals surface area contributed by atoms with Crippen molar-refractivity contribution in [3.05, 3.63) is 16.8 Å². The maximum atomic E-state index is 9.58. The first-order chi connectivity index (χ1) is 7.83. The highest BCUT2D eigenvalue weighted by atomic mass is 32.1. The number of hydrogen-bond acceptors (Lipinski definition) is 5. The summed E-state index contributed by atoms with van der Waals surface area (Å²) in [6.07, 6.45) is -0.485. The molecule has 0 aliphatic carbocycles. The van der Waals surface area contributed by atoms with E-state index < -0.39 is 6.10 Å². The molecule has 0 aromatic carbocycles. The van der Waals surface area contributed by atoms with E-state index in [2.05, 4.69) is 5.32 Å². The van der Waals surface area contributed by atoms with Crippen LogP contribution in [0.2, 0.25) is 0 Å². The first-order valence-corrected chi connectivity index (χ1v) is 6.36. The third-order valence-corrected chi connectivity index (χ3v) is 2.63. The SMILES string of the molecule is CCOCCOCC(O)CNc1ccsc1. The molecule has 0 fully saturated rings. The summed E-state index contributed by atoms with van der Waals surface area (Å²) in [5.41, 5.74) is 1.04. The average molecular weight is 245 g/mol. The van der Waals surface area contributed by atoms with E-state index in [1.165, 1.54) is 0 Å². The summed E-state index contributed by atoms with van der Waals surface area (Å²) in [7, 11) is 0. The van der Waals surface area contributed by atoms with Gasteiger partial charge in [0.05, 0.1) is 25.9 Å². The number of anilines is 1. The number of aliphatic hydroxyl groups is 1. The van der Waals surface area contributed by atoms with E-state index >= 15 is 0 Å². The summed E-state index contributed by atoms with van der Waals surface area (Å²) in [6, 6.07) is 1.98. The minimum Gasteiger partial charge on any atom is -0.389 e. The van der Waals surface area contributed by atoms with E-state index in [9.17, 15) is 5.11 Å². The lowest BCUT2D eigenvalue weighted by atomic mass is 10.3. The molecule has 5 heteroatoms. The van der Waals surface area contributed by atoms with Gasteiger partial charge in [-0.15, -0.1) is 0 Å². The molecule has 0 aliphatic rings. The van der Waals surface area contributed by atoms with Gasteiger partial charge in [-0.25, -0.2) is 0 Å². The van der Waals surface area contributed by atoms with Crippen molar-refractivity contribution in [2.75, 3.05) is 38.3 Å². The van der Waals surface area contributed by atoms with Crippen molar-refractivity contribution in [2.45, 2.75) is 13.0 Å². The number of rotatable bonds is 9. The molecular weight excluding hydrogens is 226 g/mol. The lowest BCUT2D eigenvalue weighted by Crippen LogP contribution is -2.25. The van der Waals surface area contributed by atoms with Gasteiger partial charge >= 0.3 is 0 Å². The predicted octanol–water partition coefficient (Wildman–Crippen LogP) is 1.57. The van der Waals surface area contributed by atoms with E-state index in [4.69, 9.17) is 9.47 Å². The van der Waals surface area contributed by atoms with Crippen molar-refractivity contribution < 1.29 is 14.6 Å². The van der Waals surface area contributed by atoms with E-state index in [0.717, 1.165) is 5.69 Å². The maximum Gasteiger partial charge on any atom is 0.0945 e. The Kier molecular flexibility index (Phi) is 7.16. The van der Waals surface area contributed by atoms with Gasteiger partial charge in [0.1, 0.15) is 0 Å². The Bertz CT molecular complexity index is 254. The highest BCUT2D eigenvalue weighted by molar-refractivity contribution is 7.08. The molecule has 4 nitrogen and oxygen atoms in total. The van der Waals surface area contributed by atoms with Crippen molar-refractivity contribution in [1.29, 1.82) is 0 Å². The zero-order chi connectivity index (χ0) is 11.6. The molecule has 0 saturated heterocycles. The highest BCUT2D eigenvalue weighted by Crippen LogP contribution is 2.11. The Morgan fingerprint density at radius 2 is 2.25 bits per heavy atom. The second kappa shape index (κ2) is 8.52. The van der Waals surface area contributed by atoms with E-state index in [1.807, 2.05) is 23.8 Å². The van der Waals surface area contributed by atoms with Gasteiger partial charge in [-0.3, -0.25) is 0 Å². The van der Waals surface area contributed by atoms with Gasteiger partial charge in [-0.05, 0) is 18.4 Å².